The number of carbonyl (C=O) groups is 2. The summed E-state index contributed by atoms with van der Waals surface area (Å²) in [6, 6.07) is 30.2. The lowest BCUT2D eigenvalue weighted by molar-refractivity contribution is -0.137. The second-order valence-electron chi connectivity index (χ2n) is 14.1. The number of fused-ring (bicyclic) bond motifs is 4. The van der Waals surface area contributed by atoms with Gasteiger partial charge in [0.2, 0.25) is 0 Å². The molecule has 1 aliphatic carbocycles. The number of anilines is 2. The molecule has 0 atom stereocenters. The SMILES string of the molecule is CCCCCOc1ccc(/C=C2\c3ccccc3-c3ccc(N4CCc5cc(C=CC=c6s/c(=C7/SC(=S)N(CC)C7=O)n(CC(=O)O)c6=O)ccc54)cc32)cc1. The van der Waals surface area contributed by atoms with Gasteiger partial charge in [0.1, 0.15) is 26.2 Å². The van der Waals surface area contributed by atoms with Gasteiger partial charge < -0.3 is 14.7 Å². The van der Waals surface area contributed by atoms with Crippen molar-refractivity contribution >= 4 is 91.6 Å². The number of carboxylic acids is 1. The second-order valence-corrected chi connectivity index (χ2v) is 16.8. The number of thioether (sulfide) groups is 1. The maximum Gasteiger partial charge on any atom is 0.323 e. The Morgan fingerprint density at radius 3 is 2.44 bits per heavy atom. The molecule has 3 heterocycles. The van der Waals surface area contributed by atoms with Crippen LogP contribution < -0.4 is 24.4 Å². The summed E-state index contributed by atoms with van der Waals surface area (Å²) in [7, 11) is 0. The maximum atomic E-state index is 13.3. The Morgan fingerprint density at radius 1 is 0.912 bits per heavy atom. The van der Waals surface area contributed by atoms with Gasteiger partial charge in [0, 0.05) is 24.5 Å². The van der Waals surface area contributed by atoms with Gasteiger partial charge in [-0.3, -0.25) is 23.9 Å². The van der Waals surface area contributed by atoms with Crippen LogP contribution in [0.1, 0.15) is 60.9 Å². The number of ether oxygens (including phenoxy) is 1. The zero-order valence-electron chi connectivity index (χ0n) is 31.7. The van der Waals surface area contributed by atoms with Crippen LogP contribution in [0.15, 0.2) is 95.8 Å². The summed E-state index contributed by atoms with van der Waals surface area (Å²) < 4.78 is 8.16. The van der Waals surface area contributed by atoms with E-state index in [1.807, 2.05) is 13.0 Å². The van der Waals surface area contributed by atoms with Crippen molar-refractivity contribution in [3.8, 4) is 16.9 Å². The highest BCUT2D eigenvalue weighted by Gasteiger charge is 2.33. The zero-order valence-corrected chi connectivity index (χ0v) is 34.1. The minimum atomic E-state index is -1.16. The van der Waals surface area contributed by atoms with Crippen molar-refractivity contribution in [3.05, 3.63) is 138 Å². The fourth-order valence-corrected chi connectivity index (χ4v) is 10.2. The van der Waals surface area contributed by atoms with Crippen molar-refractivity contribution < 1.29 is 19.4 Å². The minimum Gasteiger partial charge on any atom is -0.494 e. The van der Waals surface area contributed by atoms with Crippen molar-refractivity contribution in [3.63, 3.8) is 0 Å². The molecule has 3 aliphatic rings. The van der Waals surface area contributed by atoms with Crippen LogP contribution >= 0.6 is 35.3 Å². The molecular weight excluding hydrogens is 771 g/mol. The number of hydrogen-bond acceptors (Lipinski definition) is 8. The molecule has 1 amide bonds. The first-order valence-corrected chi connectivity index (χ1v) is 21.2. The number of aliphatic carboxylic acids is 1. The monoisotopic (exact) mass is 811 g/mol. The molecule has 57 heavy (non-hydrogen) atoms. The fraction of sp³-hybridized carbons (Fsp3) is 0.217. The molecule has 0 unspecified atom stereocenters. The third kappa shape index (κ3) is 7.67. The molecule has 1 saturated heterocycles. The molecule has 1 aromatic heterocycles. The Labute approximate surface area is 344 Å². The van der Waals surface area contributed by atoms with E-state index in [-0.39, 0.29) is 10.8 Å². The predicted molar refractivity (Wildman–Crippen MR) is 237 cm³/mol. The summed E-state index contributed by atoms with van der Waals surface area (Å²) in [5, 5.41) is 9.53. The molecule has 5 aromatic rings. The van der Waals surface area contributed by atoms with Crippen LogP contribution in [0, 0.1) is 0 Å². The second kappa shape index (κ2) is 16.5. The van der Waals surface area contributed by atoms with Crippen LogP contribution in [0.25, 0.3) is 39.8 Å². The van der Waals surface area contributed by atoms with Crippen molar-refractivity contribution in [2.75, 3.05) is 24.6 Å². The van der Waals surface area contributed by atoms with Gasteiger partial charge in [-0.05, 0) is 113 Å². The normalized spacial score (nSPS) is 16.6. The number of rotatable bonds is 12. The summed E-state index contributed by atoms with van der Waals surface area (Å²) >= 11 is 7.56. The van der Waals surface area contributed by atoms with Gasteiger partial charge in [-0.25, -0.2) is 0 Å². The largest absolute Gasteiger partial charge is 0.494 e. The van der Waals surface area contributed by atoms with Gasteiger partial charge in [0.15, 0.2) is 0 Å². The highest BCUT2D eigenvalue weighted by molar-refractivity contribution is 8.30. The first-order chi connectivity index (χ1) is 27.7. The number of thiocarbonyl (C=S) groups is 1. The van der Waals surface area contributed by atoms with Gasteiger partial charge in [-0.1, -0.05) is 104 Å². The molecule has 0 radical (unpaired) electrons. The van der Waals surface area contributed by atoms with Gasteiger partial charge >= 0.3 is 5.97 Å². The molecular formula is C46H41N3O5S3. The molecule has 1 fully saturated rings. The molecule has 2 aliphatic heterocycles. The molecule has 0 saturated carbocycles. The molecule has 11 heteroatoms. The number of amides is 1. The molecule has 288 valence electrons. The number of carbonyl (C=O) groups excluding carboxylic acids is 1. The smallest absolute Gasteiger partial charge is 0.323 e. The van der Waals surface area contributed by atoms with E-state index in [1.54, 1.807) is 12.2 Å². The summed E-state index contributed by atoms with van der Waals surface area (Å²) in [4.78, 5) is 42.2. The molecule has 4 aromatic carbocycles. The van der Waals surface area contributed by atoms with E-state index < -0.39 is 18.1 Å². The number of nitrogens with zero attached hydrogens (tertiary/aromatic N) is 3. The predicted octanol–water partition coefficient (Wildman–Crippen LogP) is 8.31. The fourth-order valence-electron chi connectivity index (χ4n) is 7.60. The van der Waals surface area contributed by atoms with Crippen LogP contribution in [0.5, 0.6) is 5.75 Å². The highest BCUT2D eigenvalue weighted by atomic mass is 32.2. The number of aromatic nitrogens is 1. The lowest BCUT2D eigenvalue weighted by Crippen LogP contribution is -2.35. The van der Waals surface area contributed by atoms with Gasteiger partial charge in [-0.2, -0.15) is 0 Å². The quantitative estimate of drug-likeness (QED) is 0.0976. The van der Waals surface area contributed by atoms with E-state index in [0.717, 1.165) is 76.2 Å². The Hall–Kier alpha value is -5.49. The summed E-state index contributed by atoms with van der Waals surface area (Å²) in [5.74, 6) is -0.575. The number of unbranched alkanes of at least 4 members (excludes halogenated alkanes) is 2. The van der Waals surface area contributed by atoms with Crippen LogP contribution in [-0.4, -0.2) is 50.5 Å². The Bertz CT molecular complexity index is 2670. The van der Waals surface area contributed by atoms with Crippen LogP contribution in [0.2, 0.25) is 0 Å². The van der Waals surface area contributed by atoms with Crippen molar-refractivity contribution in [1.82, 2.24) is 9.47 Å². The van der Waals surface area contributed by atoms with E-state index in [2.05, 4.69) is 103 Å². The van der Waals surface area contributed by atoms with E-state index in [0.29, 0.717) is 20.1 Å². The summed E-state index contributed by atoms with van der Waals surface area (Å²) in [5.41, 5.74) is 11.3. The van der Waals surface area contributed by atoms with Crippen LogP contribution in [-0.2, 0) is 22.6 Å². The first kappa shape index (κ1) is 38.4. The topological polar surface area (TPSA) is 92.1 Å². The van der Waals surface area contributed by atoms with E-state index in [9.17, 15) is 19.5 Å². The third-order valence-electron chi connectivity index (χ3n) is 10.4. The Balaban J connectivity index is 1.05. The molecule has 0 bridgehead atoms. The first-order valence-electron chi connectivity index (χ1n) is 19.2. The van der Waals surface area contributed by atoms with Crippen molar-refractivity contribution in [2.24, 2.45) is 0 Å². The third-order valence-corrected chi connectivity index (χ3v) is 13.1. The van der Waals surface area contributed by atoms with E-state index >= 15 is 0 Å². The number of thiazole rings is 1. The summed E-state index contributed by atoms with van der Waals surface area (Å²) in [6.45, 7) is 5.47. The minimum absolute atomic E-state index is 0.283. The number of benzene rings is 4. The van der Waals surface area contributed by atoms with Gasteiger partial charge in [0.05, 0.1) is 11.1 Å². The van der Waals surface area contributed by atoms with E-state index in [4.69, 9.17) is 17.0 Å². The van der Waals surface area contributed by atoms with Crippen molar-refractivity contribution in [2.45, 2.75) is 46.1 Å². The standard InChI is InChI=1S/C46H41N3O5S3/c1-3-5-8-24-54-33-18-14-30(15-19-33)26-37-35-12-7-6-11-34(35)36-20-17-32(27-38(36)37)48-23-22-31-25-29(16-21-39(31)48)10-9-13-40-43(52)49(28-41(50)51)45(56-40)42-44(53)47(4-2)46(55)57-42/h6-7,9-21,25-27H,3-5,8,22-24,28H2,1-2H3,(H,50,51)/b10-9?,37-26+,40-13?,45-42+. The molecule has 8 rings (SSSR count). The molecule has 1 N–H and O–H groups in total. The average molecular weight is 812 g/mol. The Kier molecular flexibility index (Phi) is 11.1. The van der Waals surface area contributed by atoms with Crippen LogP contribution in [0.4, 0.5) is 11.4 Å². The lowest BCUT2D eigenvalue weighted by Gasteiger charge is -2.21. The Morgan fingerprint density at radius 2 is 1.68 bits per heavy atom. The van der Waals surface area contributed by atoms with Gasteiger partial charge in [-0.15, -0.1) is 11.3 Å². The van der Waals surface area contributed by atoms with E-state index in [1.165, 1.54) is 56.8 Å². The number of allylic oxidation sites excluding steroid dienone is 1. The molecule has 0 spiro atoms. The maximum absolute atomic E-state index is 13.3. The zero-order chi connectivity index (χ0) is 39.6. The molecule has 8 nitrogen and oxygen atoms in total. The van der Waals surface area contributed by atoms with Crippen molar-refractivity contribution in [1.29, 1.82) is 0 Å². The van der Waals surface area contributed by atoms with Crippen LogP contribution in [0.3, 0.4) is 0 Å². The lowest BCUT2D eigenvalue weighted by atomic mass is 10.0. The summed E-state index contributed by atoms with van der Waals surface area (Å²) in [6.07, 6.45) is 12.0. The average Bonchev–Trinajstić information content (AvgIpc) is 3.94. The number of carboxylic acid groups (broad SMARTS) is 1. The number of hydrogen-bond donors (Lipinski definition) is 1. The van der Waals surface area contributed by atoms with Gasteiger partial charge in [0.25, 0.3) is 11.5 Å². The highest BCUT2D eigenvalue weighted by Crippen LogP contribution is 2.47.